The van der Waals surface area contributed by atoms with Crippen LogP contribution < -0.4 is 16.0 Å². The summed E-state index contributed by atoms with van der Waals surface area (Å²) in [6.45, 7) is 5.42. The molecular weight excluding hydrogens is 587 g/mol. The molecule has 1 aromatic heterocycles. The molecular formula is C27H29F5N4O7. The molecule has 0 spiro atoms. The number of aliphatic hydroxyl groups excluding tert-OH is 1. The van der Waals surface area contributed by atoms with Crippen LogP contribution in [0.5, 0.6) is 5.75 Å². The summed E-state index contributed by atoms with van der Waals surface area (Å²) in [5.74, 6) is -18.4. The van der Waals surface area contributed by atoms with Gasteiger partial charge >= 0.3 is 5.97 Å². The summed E-state index contributed by atoms with van der Waals surface area (Å²) >= 11 is 0. The molecule has 0 saturated carbocycles. The van der Waals surface area contributed by atoms with Gasteiger partial charge in [0.1, 0.15) is 23.9 Å². The van der Waals surface area contributed by atoms with E-state index in [1.54, 1.807) is 13.8 Å². The highest BCUT2D eigenvalue weighted by Gasteiger charge is 2.41. The second kappa shape index (κ2) is 13.3. The molecule has 11 nitrogen and oxygen atoms in total. The largest absolute Gasteiger partial charge is 0.505 e. The predicted octanol–water partition coefficient (Wildman–Crippen LogP) is 1.39. The van der Waals surface area contributed by atoms with E-state index in [0.29, 0.717) is 0 Å². The molecule has 6 atom stereocenters. The highest BCUT2D eigenvalue weighted by Crippen LogP contribution is 2.26. The Morgan fingerprint density at radius 3 is 2.14 bits per heavy atom. The van der Waals surface area contributed by atoms with E-state index in [4.69, 9.17) is 4.74 Å². The average molecular weight is 617 g/mol. The van der Waals surface area contributed by atoms with Crippen LogP contribution in [-0.4, -0.2) is 69.2 Å². The Bertz CT molecular complexity index is 1400. The summed E-state index contributed by atoms with van der Waals surface area (Å²) < 4.78 is 76.0. The monoisotopic (exact) mass is 616 g/mol. The molecule has 1 aromatic carbocycles. The third-order valence-electron chi connectivity index (χ3n) is 6.95. The van der Waals surface area contributed by atoms with E-state index in [9.17, 15) is 51.3 Å². The molecule has 3 amide bonds. The quantitative estimate of drug-likeness (QED) is 0.146. The van der Waals surface area contributed by atoms with E-state index >= 15 is 0 Å². The lowest BCUT2D eigenvalue weighted by Gasteiger charge is -2.34. The molecule has 2 heterocycles. The number of halogens is 5. The molecule has 3 rings (SSSR count). The van der Waals surface area contributed by atoms with Crippen LogP contribution in [-0.2, 0) is 25.5 Å². The van der Waals surface area contributed by atoms with Crippen LogP contribution in [0, 0.1) is 40.9 Å². The maximum Gasteiger partial charge on any atom is 0.329 e. The molecule has 234 valence electrons. The van der Waals surface area contributed by atoms with E-state index < -0.39 is 118 Å². The first kappa shape index (κ1) is 33.2. The average Bonchev–Trinajstić information content (AvgIpc) is 2.96. The van der Waals surface area contributed by atoms with Crippen molar-refractivity contribution in [3.05, 3.63) is 58.7 Å². The Kier molecular flexibility index (Phi) is 10.3. The molecule has 0 aliphatic carbocycles. The first-order valence-corrected chi connectivity index (χ1v) is 13.0. The fourth-order valence-electron chi connectivity index (χ4n) is 4.37. The maximum atomic E-state index is 14.6. The van der Waals surface area contributed by atoms with E-state index in [-0.39, 0.29) is 0 Å². The van der Waals surface area contributed by atoms with Crippen molar-refractivity contribution in [2.75, 3.05) is 0 Å². The van der Waals surface area contributed by atoms with Crippen LogP contribution in [0.3, 0.4) is 0 Å². The third kappa shape index (κ3) is 7.01. The molecule has 2 aromatic rings. The number of rotatable bonds is 5. The standard InChI is InChI=1S/C27H29F5N4O7/c1-9(2)20-27(42)43-11(4)21(36-26(41)22-14(37)6-5-7-33-22)25(40)34-13(23(38)10(3)24(39)35-20)8-12-15(28)17(30)19(32)18(31)16(12)29/h5-7,9-11,13,20-21,23,37-38H,8H2,1-4H3,(H,34,40)(H,35,39)(H,36,41). The minimum absolute atomic E-state index is 0.529. The van der Waals surface area contributed by atoms with Gasteiger partial charge in [-0.25, -0.2) is 31.7 Å². The zero-order chi connectivity index (χ0) is 32.3. The Labute approximate surface area is 241 Å². The summed E-state index contributed by atoms with van der Waals surface area (Å²) in [5, 5.41) is 27.8. The van der Waals surface area contributed by atoms with Crippen molar-refractivity contribution < 1.29 is 56.1 Å². The lowest BCUT2D eigenvalue weighted by Crippen LogP contribution is -2.61. The van der Waals surface area contributed by atoms with Gasteiger partial charge in [0.15, 0.2) is 29.0 Å². The molecule has 43 heavy (non-hydrogen) atoms. The first-order chi connectivity index (χ1) is 20.1. The van der Waals surface area contributed by atoms with E-state index in [2.05, 4.69) is 20.9 Å². The van der Waals surface area contributed by atoms with Crippen LogP contribution in [0.15, 0.2) is 18.3 Å². The molecule has 1 saturated heterocycles. The number of aromatic nitrogens is 1. The lowest BCUT2D eigenvalue weighted by atomic mass is 9.90. The second-order valence-electron chi connectivity index (χ2n) is 10.3. The Balaban J connectivity index is 2.10. The van der Waals surface area contributed by atoms with Crippen molar-refractivity contribution in [1.29, 1.82) is 0 Å². The molecule has 1 aliphatic rings. The summed E-state index contributed by atoms with van der Waals surface area (Å²) in [6, 6.07) is -2.59. The number of amides is 3. The number of aliphatic hydroxyl groups is 1. The zero-order valence-corrected chi connectivity index (χ0v) is 23.3. The van der Waals surface area contributed by atoms with Gasteiger partial charge in [0.25, 0.3) is 5.91 Å². The topological polar surface area (TPSA) is 167 Å². The minimum Gasteiger partial charge on any atom is -0.505 e. The summed E-state index contributed by atoms with van der Waals surface area (Å²) in [5.41, 5.74) is -1.92. The van der Waals surface area contributed by atoms with Gasteiger partial charge in [-0.3, -0.25) is 14.4 Å². The van der Waals surface area contributed by atoms with Gasteiger partial charge in [-0.2, -0.15) is 0 Å². The molecule has 16 heteroatoms. The highest BCUT2D eigenvalue weighted by molar-refractivity contribution is 5.98. The second-order valence-corrected chi connectivity index (χ2v) is 10.3. The summed E-state index contributed by atoms with van der Waals surface area (Å²) in [4.78, 5) is 56.0. The van der Waals surface area contributed by atoms with Gasteiger partial charge in [-0.1, -0.05) is 20.8 Å². The highest BCUT2D eigenvalue weighted by atomic mass is 19.2. The number of nitrogens with one attached hydrogen (secondary N) is 3. The molecule has 1 fully saturated rings. The van der Waals surface area contributed by atoms with Crippen molar-refractivity contribution in [2.24, 2.45) is 11.8 Å². The number of aromatic hydroxyl groups is 1. The van der Waals surface area contributed by atoms with Crippen LogP contribution in [0.25, 0.3) is 0 Å². The van der Waals surface area contributed by atoms with E-state index in [1.165, 1.54) is 13.0 Å². The summed E-state index contributed by atoms with van der Waals surface area (Å²) in [7, 11) is 0. The number of pyridine rings is 1. The Hall–Kier alpha value is -4.34. The van der Waals surface area contributed by atoms with Crippen molar-refractivity contribution in [1.82, 2.24) is 20.9 Å². The molecule has 5 N–H and O–H groups in total. The fourth-order valence-corrected chi connectivity index (χ4v) is 4.37. The number of carbonyl (C=O) groups excluding carboxylic acids is 4. The van der Waals surface area contributed by atoms with Gasteiger partial charge in [0.05, 0.1) is 18.1 Å². The van der Waals surface area contributed by atoms with Crippen molar-refractivity contribution in [3.8, 4) is 5.75 Å². The molecule has 0 bridgehead atoms. The van der Waals surface area contributed by atoms with Gasteiger partial charge in [0.2, 0.25) is 17.6 Å². The van der Waals surface area contributed by atoms with Crippen molar-refractivity contribution >= 4 is 23.7 Å². The van der Waals surface area contributed by atoms with Crippen LogP contribution in [0.2, 0.25) is 0 Å². The van der Waals surface area contributed by atoms with Crippen molar-refractivity contribution in [3.63, 3.8) is 0 Å². The Morgan fingerprint density at radius 1 is 1.00 bits per heavy atom. The minimum atomic E-state index is -2.43. The number of esters is 1. The van der Waals surface area contributed by atoms with Gasteiger partial charge < -0.3 is 30.9 Å². The van der Waals surface area contributed by atoms with Crippen LogP contribution >= 0.6 is 0 Å². The number of nitrogens with zero attached hydrogens (tertiary/aromatic N) is 1. The maximum absolute atomic E-state index is 14.6. The number of hydrogen-bond donors (Lipinski definition) is 5. The number of benzene rings is 1. The molecule has 6 unspecified atom stereocenters. The van der Waals surface area contributed by atoms with Crippen LogP contribution in [0.4, 0.5) is 22.0 Å². The molecule has 1 aliphatic heterocycles. The zero-order valence-electron chi connectivity index (χ0n) is 23.3. The third-order valence-corrected chi connectivity index (χ3v) is 6.95. The molecule has 0 radical (unpaired) electrons. The summed E-state index contributed by atoms with van der Waals surface area (Å²) in [6.07, 6.45) is -3.56. The van der Waals surface area contributed by atoms with Gasteiger partial charge in [-0.05, 0) is 25.0 Å². The number of hydrogen-bond acceptors (Lipinski definition) is 8. The van der Waals surface area contributed by atoms with Crippen LogP contribution in [0.1, 0.15) is 43.7 Å². The van der Waals surface area contributed by atoms with Gasteiger partial charge in [0, 0.05) is 18.2 Å². The normalized spacial score (nSPS) is 25.2. The van der Waals surface area contributed by atoms with E-state index in [1.807, 2.05) is 0 Å². The smallest absolute Gasteiger partial charge is 0.329 e. The predicted molar refractivity (Wildman–Crippen MR) is 137 cm³/mol. The Morgan fingerprint density at radius 2 is 1.58 bits per heavy atom. The lowest BCUT2D eigenvalue weighted by molar-refractivity contribution is -0.157. The number of cyclic esters (lactones) is 1. The number of carbonyl (C=O) groups is 4. The van der Waals surface area contributed by atoms with E-state index in [0.717, 1.165) is 19.2 Å². The first-order valence-electron chi connectivity index (χ1n) is 13.0. The SMILES string of the molecule is CC(C)C1NC(=O)C(C)C(O)C(Cc2c(F)c(F)c(F)c(F)c2F)NC(=O)C(NC(=O)c2ncccc2O)C(C)OC1=O. The fraction of sp³-hybridized carbons (Fsp3) is 0.444. The van der Waals surface area contributed by atoms with Gasteiger partial charge in [-0.15, -0.1) is 0 Å². The van der Waals surface area contributed by atoms with Crippen molar-refractivity contribution in [2.45, 2.75) is 64.4 Å². The number of ether oxygens (including phenoxy) is 1.